The molecule has 0 saturated carbocycles. The molecule has 0 amide bonds. The molecule has 0 fully saturated rings. The summed E-state index contributed by atoms with van der Waals surface area (Å²) in [7, 11) is 0. The van der Waals surface area contributed by atoms with E-state index in [1.807, 2.05) is 0 Å². The van der Waals surface area contributed by atoms with Crippen LogP contribution < -0.4 is 0 Å². The fourth-order valence-electron chi connectivity index (χ4n) is 21.3. The minimum atomic E-state index is 0.446. The molecule has 28 rings (SSSR count). The highest BCUT2D eigenvalue weighted by atomic mass is 15.3. The average Bonchev–Trinajstić information content (AvgIpc) is 1.55. The molecule has 0 unspecified atom stereocenters. The molecule has 0 spiro atoms. The third kappa shape index (κ3) is 9.18. The smallest absolute Gasteiger partial charge is 0.241 e. The number of rotatable bonds is 9. The number of hydrogen-bond donors (Lipinski definition) is 0. The van der Waals surface area contributed by atoms with Crippen LogP contribution in [0.15, 0.2) is 400 Å². The minimum Gasteiger partial charge on any atom is -0.309 e. The van der Waals surface area contributed by atoms with Crippen molar-refractivity contribution in [2.24, 2.45) is 0 Å². The summed E-state index contributed by atoms with van der Waals surface area (Å²) < 4.78 is 21.4. The van der Waals surface area contributed by atoms with Gasteiger partial charge in [0.2, 0.25) is 17.8 Å². The van der Waals surface area contributed by atoms with E-state index in [9.17, 15) is 0 Å². The van der Waals surface area contributed by atoms with Gasteiger partial charge >= 0.3 is 0 Å². The topological polar surface area (TPSA) is 83.0 Å². The van der Waals surface area contributed by atoms with Crippen molar-refractivity contribution in [3.05, 3.63) is 400 Å². The van der Waals surface area contributed by atoms with Crippen molar-refractivity contribution in [3.8, 4) is 52.0 Å². The zero-order chi connectivity index (χ0) is 80.0. The molecular weight excluding hydrogens is 1500 g/mol. The van der Waals surface area contributed by atoms with Crippen LogP contribution in [0, 0.1) is 0 Å². The summed E-state index contributed by atoms with van der Waals surface area (Å²) in [4.78, 5) is 18.2. The third-order valence-electron chi connectivity index (χ3n) is 26.4. The molecule has 12 nitrogen and oxygen atoms in total. The Morgan fingerprint density at radius 2 is 0.220 bits per heavy atom. The van der Waals surface area contributed by atoms with E-state index in [1.165, 1.54) is 64.6 Å². The Hall–Kier alpha value is -16.8. The van der Waals surface area contributed by atoms with Gasteiger partial charge in [-0.2, -0.15) is 15.0 Å². The summed E-state index contributed by atoms with van der Waals surface area (Å²) in [6, 6.07) is 147. The zero-order valence-corrected chi connectivity index (χ0v) is 66.0. The van der Waals surface area contributed by atoms with Gasteiger partial charge in [0.15, 0.2) is 0 Å². The first-order valence-electron chi connectivity index (χ1n) is 42.0. The standard InChI is InChI=1S/C111H66N12/c1-13-37-91-73(25-1)74-26-2-14-38-92(74)115(91)67-49-55-103-85(61-67)86-62-68(116-93-39-15-3-27-75(93)76-28-4-16-40-94(76)116)50-56-104(86)121(103)109-112-110(122-105-57-51-69(117-95-41-17-5-29-77(95)78-30-6-18-42-96(78)117)63-87(105)88-64-70(52-58-106(88)122)118-97-43-19-7-31-79(97)80-32-8-20-44-98(80)118)114-111(113-109)123-107-59-53-71(119-99-45-21-9-33-81(99)82-34-10-22-46-100(82)119)65-89(107)90-66-72(54-60-108(90)123)120-101-47-23-11-35-83(101)84-36-12-24-48-102(84)120/h1-66H. The van der Waals surface area contributed by atoms with E-state index in [2.05, 4.69) is 441 Å². The molecule has 0 aliphatic rings. The van der Waals surface area contributed by atoms with Gasteiger partial charge in [0.05, 0.1) is 99.3 Å². The van der Waals surface area contributed by atoms with Crippen molar-refractivity contribution in [3.63, 3.8) is 0 Å². The predicted octanol–water partition coefficient (Wildman–Crippen LogP) is 27.7. The molecule has 12 heteroatoms. The summed E-state index contributed by atoms with van der Waals surface area (Å²) >= 11 is 0. The van der Waals surface area contributed by atoms with Crippen LogP contribution in [0.25, 0.3) is 248 Å². The molecule has 18 aromatic carbocycles. The molecule has 0 bridgehead atoms. The molecule has 0 atom stereocenters. The van der Waals surface area contributed by atoms with Crippen LogP contribution in [0.3, 0.4) is 0 Å². The fourth-order valence-corrected chi connectivity index (χ4v) is 21.3. The molecule has 10 aromatic heterocycles. The van der Waals surface area contributed by atoms with Gasteiger partial charge in [-0.3, -0.25) is 13.7 Å². The van der Waals surface area contributed by atoms with Crippen LogP contribution in [0.2, 0.25) is 0 Å². The van der Waals surface area contributed by atoms with Crippen molar-refractivity contribution < 1.29 is 0 Å². The number of benzene rings is 18. The van der Waals surface area contributed by atoms with Crippen molar-refractivity contribution in [2.75, 3.05) is 0 Å². The lowest BCUT2D eigenvalue weighted by Gasteiger charge is -2.15. The molecule has 0 radical (unpaired) electrons. The summed E-state index contributed by atoms with van der Waals surface area (Å²) in [6.45, 7) is 0. The number of aromatic nitrogens is 12. The van der Waals surface area contributed by atoms with Crippen LogP contribution in [-0.2, 0) is 0 Å². The van der Waals surface area contributed by atoms with E-state index in [-0.39, 0.29) is 0 Å². The first-order valence-corrected chi connectivity index (χ1v) is 42.0. The third-order valence-corrected chi connectivity index (χ3v) is 26.4. The summed E-state index contributed by atoms with van der Waals surface area (Å²) in [6.07, 6.45) is 0. The first kappa shape index (κ1) is 66.2. The van der Waals surface area contributed by atoms with Gasteiger partial charge in [-0.25, -0.2) is 0 Å². The number of para-hydroxylation sites is 12. The Bertz CT molecular complexity index is 7800. The highest BCUT2D eigenvalue weighted by molar-refractivity contribution is 6.19. The Balaban J connectivity index is 0.762. The maximum Gasteiger partial charge on any atom is 0.241 e. The van der Waals surface area contributed by atoms with Crippen LogP contribution in [0.4, 0.5) is 0 Å². The minimum absolute atomic E-state index is 0.446. The quantitative estimate of drug-likeness (QED) is 0.144. The molecule has 0 N–H and O–H groups in total. The summed E-state index contributed by atoms with van der Waals surface area (Å²) in [5, 5.41) is 20.6. The van der Waals surface area contributed by atoms with Crippen LogP contribution in [0.5, 0.6) is 0 Å². The van der Waals surface area contributed by atoms with E-state index in [0.717, 1.165) is 166 Å². The van der Waals surface area contributed by atoms with E-state index in [1.54, 1.807) is 0 Å². The largest absolute Gasteiger partial charge is 0.309 e. The van der Waals surface area contributed by atoms with Gasteiger partial charge in [-0.05, 0) is 182 Å². The van der Waals surface area contributed by atoms with Crippen molar-refractivity contribution in [1.29, 1.82) is 0 Å². The maximum absolute atomic E-state index is 6.08. The Morgan fingerprint density at radius 3 is 0.350 bits per heavy atom. The van der Waals surface area contributed by atoms with Crippen molar-refractivity contribution in [2.45, 2.75) is 0 Å². The molecule has 570 valence electrons. The zero-order valence-electron chi connectivity index (χ0n) is 66.0. The van der Waals surface area contributed by atoms with Gasteiger partial charge in [0.25, 0.3) is 0 Å². The highest BCUT2D eigenvalue weighted by Gasteiger charge is 2.29. The van der Waals surface area contributed by atoms with Gasteiger partial charge in [-0.15, -0.1) is 0 Å². The average molecular weight is 1570 g/mol. The van der Waals surface area contributed by atoms with Gasteiger partial charge < -0.3 is 27.4 Å². The number of nitrogens with zero attached hydrogens (tertiary/aromatic N) is 12. The number of fused-ring (bicyclic) bond motifs is 27. The van der Waals surface area contributed by atoms with E-state index in [4.69, 9.17) is 15.0 Å². The molecule has 123 heavy (non-hydrogen) atoms. The lowest BCUT2D eigenvalue weighted by atomic mass is 10.1. The van der Waals surface area contributed by atoms with Crippen molar-refractivity contribution >= 4 is 196 Å². The second-order valence-electron chi connectivity index (χ2n) is 32.7. The van der Waals surface area contributed by atoms with Crippen LogP contribution in [-0.4, -0.2) is 56.1 Å². The summed E-state index contributed by atoms with van der Waals surface area (Å²) in [5.41, 5.74) is 25.4. The molecule has 0 aliphatic carbocycles. The number of hydrogen-bond acceptors (Lipinski definition) is 3. The molecule has 0 aliphatic heterocycles. The highest BCUT2D eigenvalue weighted by Crippen LogP contribution is 2.46. The van der Waals surface area contributed by atoms with E-state index in [0.29, 0.717) is 17.8 Å². The maximum atomic E-state index is 6.08. The Kier molecular flexibility index (Phi) is 13.4. The molecule has 0 saturated heterocycles. The normalized spacial score (nSPS) is 12.4. The monoisotopic (exact) mass is 1570 g/mol. The van der Waals surface area contributed by atoms with Gasteiger partial charge in [0.1, 0.15) is 0 Å². The Morgan fingerprint density at radius 1 is 0.106 bits per heavy atom. The second kappa shape index (κ2) is 24.9. The first-order chi connectivity index (χ1) is 61.0. The molecular formula is C111H66N12. The fraction of sp³-hybridized carbons (Fsp3) is 0. The summed E-state index contributed by atoms with van der Waals surface area (Å²) in [5.74, 6) is 1.34. The van der Waals surface area contributed by atoms with Crippen LogP contribution >= 0.6 is 0 Å². The predicted molar refractivity (Wildman–Crippen MR) is 509 cm³/mol. The molecule has 10 heterocycles. The van der Waals surface area contributed by atoms with Gasteiger partial charge in [-0.1, -0.05) is 218 Å². The van der Waals surface area contributed by atoms with Crippen LogP contribution in [0.1, 0.15) is 0 Å². The van der Waals surface area contributed by atoms with Crippen molar-refractivity contribution in [1.82, 2.24) is 56.1 Å². The van der Waals surface area contributed by atoms with E-state index >= 15 is 0 Å². The molecule has 28 aromatic rings. The lowest BCUT2D eigenvalue weighted by Crippen LogP contribution is -2.13. The SMILES string of the molecule is c1ccc2c(c1)c1ccccc1n2-c1ccc2c(c1)c1cc(-n3c4ccccc4c4ccccc43)ccc1n2-c1nc(-n2c3ccc(-n4c5ccccc5c5ccccc54)cc3c3cc(-n4c5ccccc5c5ccccc54)ccc32)nc(-n2c3ccc(-n4c5ccccc5c5ccccc54)cc3c3cc(-n4c5ccccc5c5ccccc54)ccc32)n1. The van der Waals surface area contributed by atoms with Gasteiger partial charge in [0, 0.05) is 131 Å². The van der Waals surface area contributed by atoms with E-state index < -0.39 is 0 Å². The lowest BCUT2D eigenvalue weighted by molar-refractivity contribution is 0.847. The second-order valence-corrected chi connectivity index (χ2v) is 32.7. The Labute approximate surface area is 700 Å².